The monoisotopic (exact) mass is 343 g/mol. The predicted molar refractivity (Wildman–Crippen MR) is 96.5 cm³/mol. The van der Waals surface area contributed by atoms with Crippen LogP contribution >= 0.6 is 11.6 Å². The average molecular weight is 344 g/mol. The van der Waals surface area contributed by atoms with Crippen LogP contribution in [0.4, 0.5) is 0 Å². The third-order valence-electron chi connectivity index (χ3n) is 4.48. The van der Waals surface area contributed by atoms with Crippen molar-refractivity contribution in [2.24, 2.45) is 5.92 Å². The van der Waals surface area contributed by atoms with Gasteiger partial charge in [-0.2, -0.15) is 0 Å². The van der Waals surface area contributed by atoms with Crippen LogP contribution in [0, 0.1) is 5.92 Å². The molecule has 3 nitrogen and oxygen atoms in total. The highest BCUT2D eigenvalue weighted by atomic mass is 35.5. The van der Waals surface area contributed by atoms with Gasteiger partial charge in [-0.05, 0) is 48.6 Å². The van der Waals surface area contributed by atoms with Gasteiger partial charge in [-0.15, -0.1) is 0 Å². The number of carbonyl (C=O) groups excluding carboxylic acids is 1. The quantitative estimate of drug-likeness (QED) is 0.798. The first-order chi connectivity index (χ1) is 11.6. The molecule has 24 heavy (non-hydrogen) atoms. The van der Waals surface area contributed by atoms with E-state index in [1.807, 2.05) is 47.4 Å². The Balaban J connectivity index is 1.65. The number of amides is 1. The van der Waals surface area contributed by atoms with E-state index in [0.717, 1.165) is 37.1 Å². The van der Waals surface area contributed by atoms with Gasteiger partial charge >= 0.3 is 0 Å². The van der Waals surface area contributed by atoms with E-state index in [9.17, 15) is 4.79 Å². The minimum atomic E-state index is 0.112. The van der Waals surface area contributed by atoms with Crippen molar-refractivity contribution in [1.82, 2.24) is 4.90 Å². The summed E-state index contributed by atoms with van der Waals surface area (Å²) in [4.78, 5) is 14.6. The summed E-state index contributed by atoms with van der Waals surface area (Å²) >= 11 is 6.10. The molecule has 1 aliphatic heterocycles. The molecule has 4 heteroatoms. The molecule has 2 aromatic rings. The van der Waals surface area contributed by atoms with Crippen LogP contribution in [0.1, 0.15) is 35.7 Å². The van der Waals surface area contributed by atoms with Gasteiger partial charge in [0.25, 0.3) is 5.91 Å². The largest absolute Gasteiger partial charge is 0.487 e. The Morgan fingerprint density at radius 3 is 2.67 bits per heavy atom. The number of hydrogen-bond acceptors (Lipinski definition) is 2. The van der Waals surface area contributed by atoms with Crippen LogP contribution in [-0.4, -0.2) is 23.9 Å². The topological polar surface area (TPSA) is 29.5 Å². The summed E-state index contributed by atoms with van der Waals surface area (Å²) in [6, 6.07) is 15.1. The lowest BCUT2D eigenvalue weighted by Crippen LogP contribution is -2.37. The summed E-state index contributed by atoms with van der Waals surface area (Å²) in [5, 5.41) is 0.590. The fraction of sp³-hybridized carbons (Fsp3) is 0.350. The Morgan fingerprint density at radius 1 is 1.17 bits per heavy atom. The van der Waals surface area contributed by atoms with Crippen LogP contribution in [0.2, 0.25) is 5.02 Å². The Bertz CT molecular complexity index is 708. The number of nitrogens with zero attached hydrogens (tertiary/aromatic N) is 1. The molecule has 0 aliphatic carbocycles. The second-order valence-electron chi connectivity index (χ2n) is 6.39. The second-order valence-corrected chi connectivity index (χ2v) is 6.80. The molecular formula is C20H22ClNO2. The van der Waals surface area contributed by atoms with Gasteiger partial charge in [0.15, 0.2) is 0 Å². The summed E-state index contributed by atoms with van der Waals surface area (Å²) in [5.74, 6) is 1.48. The van der Waals surface area contributed by atoms with Crippen molar-refractivity contribution in [1.29, 1.82) is 0 Å². The van der Waals surface area contributed by atoms with E-state index < -0.39 is 0 Å². The molecule has 126 valence electrons. The smallest absolute Gasteiger partial charge is 0.253 e. The Morgan fingerprint density at radius 2 is 1.92 bits per heavy atom. The molecule has 0 unspecified atom stereocenters. The summed E-state index contributed by atoms with van der Waals surface area (Å²) in [7, 11) is 0. The molecule has 0 bridgehead atoms. The number of benzene rings is 2. The number of rotatable bonds is 4. The number of ether oxygens (including phenoxy) is 1. The average Bonchev–Trinajstić information content (AvgIpc) is 2.61. The molecule has 0 atom stereocenters. The van der Waals surface area contributed by atoms with E-state index in [2.05, 4.69) is 6.92 Å². The van der Waals surface area contributed by atoms with Crippen LogP contribution in [0.5, 0.6) is 5.75 Å². The molecule has 0 saturated carbocycles. The van der Waals surface area contributed by atoms with Crippen molar-refractivity contribution in [2.45, 2.75) is 26.4 Å². The summed E-state index contributed by atoms with van der Waals surface area (Å²) in [6.45, 7) is 4.33. The van der Waals surface area contributed by atoms with Crippen LogP contribution in [0.25, 0.3) is 0 Å². The standard InChI is InChI=1S/C20H22ClNO2/c1-15-9-11-22(12-10-15)20(23)17-6-4-5-16(13-17)14-24-19-8-3-2-7-18(19)21/h2-8,13,15H,9-12,14H2,1H3. The van der Waals surface area contributed by atoms with Gasteiger partial charge in [-0.25, -0.2) is 0 Å². The zero-order valence-electron chi connectivity index (χ0n) is 13.9. The van der Waals surface area contributed by atoms with Gasteiger partial charge in [0.1, 0.15) is 12.4 Å². The Hall–Kier alpha value is -2.00. The molecule has 0 N–H and O–H groups in total. The highest BCUT2D eigenvalue weighted by Gasteiger charge is 2.21. The van der Waals surface area contributed by atoms with E-state index in [4.69, 9.17) is 16.3 Å². The van der Waals surface area contributed by atoms with Crippen LogP contribution < -0.4 is 4.74 Å². The summed E-state index contributed by atoms with van der Waals surface area (Å²) in [6.07, 6.45) is 2.17. The van der Waals surface area contributed by atoms with Crippen LogP contribution in [0.3, 0.4) is 0 Å². The third-order valence-corrected chi connectivity index (χ3v) is 4.79. The predicted octanol–water partition coefficient (Wildman–Crippen LogP) is 4.79. The lowest BCUT2D eigenvalue weighted by atomic mass is 9.98. The zero-order valence-corrected chi connectivity index (χ0v) is 14.6. The second kappa shape index (κ2) is 7.71. The first-order valence-electron chi connectivity index (χ1n) is 8.39. The molecule has 0 radical (unpaired) electrons. The van der Waals surface area contributed by atoms with Crippen molar-refractivity contribution in [3.8, 4) is 5.75 Å². The van der Waals surface area contributed by atoms with Crippen LogP contribution in [0.15, 0.2) is 48.5 Å². The highest BCUT2D eigenvalue weighted by molar-refractivity contribution is 6.32. The van der Waals surface area contributed by atoms with Gasteiger partial charge < -0.3 is 9.64 Å². The summed E-state index contributed by atoms with van der Waals surface area (Å²) in [5.41, 5.74) is 1.69. The van der Waals surface area contributed by atoms with Crippen LogP contribution in [-0.2, 0) is 6.61 Å². The van der Waals surface area contributed by atoms with Crippen molar-refractivity contribution < 1.29 is 9.53 Å². The van der Waals surface area contributed by atoms with Gasteiger partial charge in [0, 0.05) is 18.7 Å². The molecule has 0 spiro atoms. The molecule has 3 rings (SSSR count). The first kappa shape index (κ1) is 16.8. The first-order valence-corrected chi connectivity index (χ1v) is 8.77. The lowest BCUT2D eigenvalue weighted by Gasteiger charge is -2.30. The van der Waals surface area contributed by atoms with Crippen molar-refractivity contribution in [2.75, 3.05) is 13.1 Å². The van der Waals surface area contributed by atoms with E-state index >= 15 is 0 Å². The van der Waals surface area contributed by atoms with Gasteiger partial charge in [-0.1, -0.05) is 42.8 Å². The van der Waals surface area contributed by atoms with E-state index in [1.165, 1.54) is 0 Å². The number of halogens is 1. The molecule has 0 aromatic heterocycles. The molecular weight excluding hydrogens is 322 g/mol. The SMILES string of the molecule is CC1CCN(C(=O)c2cccc(COc3ccccc3Cl)c2)CC1. The molecule has 2 aromatic carbocycles. The molecule has 1 amide bonds. The van der Waals surface area contributed by atoms with Gasteiger partial charge in [-0.3, -0.25) is 4.79 Å². The number of likely N-dealkylation sites (tertiary alicyclic amines) is 1. The number of hydrogen-bond donors (Lipinski definition) is 0. The van der Waals surface area contributed by atoms with Gasteiger partial charge in [0.05, 0.1) is 5.02 Å². The Kier molecular flexibility index (Phi) is 5.41. The molecule has 1 saturated heterocycles. The normalized spacial score (nSPS) is 15.3. The van der Waals surface area contributed by atoms with Crippen molar-refractivity contribution in [3.63, 3.8) is 0 Å². The number of carbonyl (C=O) groups is 1. The fourth-order valence-electron chi connectivity index (χ4n) is 2.91. The van der Waals surface area contributed by atoms with Crippen molar-refractivity contribution in [3.05, 3.63) is 64.7 Å². The maximum absolute atomic E-state index is 12.7. The van der Waals surface area contributed by atoms with E-state index in [1.54, 1.807) is 6.07 Å². The van der Waals surface area contributed by atoms with Gasteiger partial charge in [0.2, 0.25) is 0 Å². The minimum absolute atomic E-state index is 0.112. The molecule has 1 aliphatic rings. The Labute approximate surface area is 148 Å². The number of para-hydroxylation sites is 1. The third kappa shape index (κ3) is 4.09. The number of piperidine rings is 1. The zero-order chi connectivity index (χ0) is 16.9. The maximum Gasteiger partial charge on any atom is 0.253 e. The van der Waals surface area contributed by atoms with E-state index in [0.29, 0.717) is 23.3 Å². The molecule has 1 heterocycles. The van der Waals surface area contributed by atoms with Crippen molar-refractivity contribution >= 4 is 17.5 Å². The fourth-order valence-corrected chi connectivity index (χ4v) is 3.10. The minimum Gasteiger partial charge on any atom is -0.487 e. The molecule has 1 fully saturated rings. The summed E-state index contributed by atoms with van der Waals surface area (Å²) < 4.78 is 5.76. The highest BCUT2D eigenvalue weighted by Crippen LogP contribution is 2.24. The van der Waals surface area contributed by atoms with E-state index in [-0.39, 0.29) is 5.91 Å². The maximum atomic E-state index is 12.7. The lowest BCUT2D eigenvalue weighted by molar-refractivity contribution is 0.0697.